The second-order valence-electron chi connectivity index (χ2n) is 20.8. The number of carbonyl (C=O) groups is 4. The van der Waals surface area contributed by atoms with Crippen molar-refractivity contribution in [3.63, 3.8) is 0 Å². The van der Waals surface area contributed by atoms with Gasteiger partial charge in [-0.05, 0) is 80.3 Å². The molecule has 0 unspecified atom stereocenters. The van der Waals surface area contributed by atoms with E-state index < -0.39 is 29.0 Å². The summed E-state index contributed by atoms with van der Waals surface area (Å²) in [5.74, 6) is -0.866. The molecule has 4 aliphatic rings. The first-order valence-electron chi connectivity index (χ1n) is 24.6. The summed E-state index contributed by atoms with van der Waals surface area (Å²) in [6, 6.07) is 22.4. The van der Waals surface area contributed by atoms with E-state index in [4.69, 9.17) is 9.47 Å². The van der Waals surface area contributed by atoms with Crippen molar-refractivity contribution in [2.24, 2.45) is 16.7 Å². The van der Waals surface area contributed by atoms with E-state index in [0.29, 0.717) is 43.2 Å². The molecule has 3 aliphatic heterocycles. The molecule has 16 nitrogen and oxygen atoms in total. The first-order chi connectivity index (χ1) is 34.0. The molecular weight excluding hydrogens is 919 g/mol. The molecule has 0 spiro atoms. The molecule has 4 aromatic rings. The molecule has 8 rings (SSSR count). The Morgan fingerprint density at radius 2 is 1.59 bits per heavy atom. The number of carbonyl (C=O) groups excluding carboxylic acids is 4. The Morgan fingerprint density at radius 1 is 0.915 bits per heavy atom. The van der Waals surface area contributed by atoms with E-state index in [1.165, 1.54) is 4.90 Å². The Balaban J connectivity index is 0.759. The minimum Gasteiger partial charge on any atom is -0.489 e. The molecule has 71 heavy (non-hydrogen) atoms. The molecule has 4 atom stereocenters. The Hall–Kier alpha value is -6.21. The molecular formula is C54H65N9O7S. The molecule has 374 valence electrons. The molecule has 0 radical (unpaired) electrons. The maximum Gasteiger partial charge on any atom is 0.251 e. The maximum absolute atomic E-state index is 14.2. The second-order valence-corrected chi connectivity index (χ2v) is 21.6. The van der Waals surface area contributed by atoms with Crippen molar-refractivity contribution in [1.29, 1.82) is 10.5 Å². The zero-order valence-corrected chi connectivity index (χ0v) is 42.3. The third-order valence-electron chi connectivity index (χ3n) is 14.9. The number of hydrogen-bond donors (Lipinski definition) is 4. The van der Waals surface area contributed by atoms with Crippen molar-refractivity contribution >= 4 is 35.0 Å². The fourth-order valence-corrected chi connectivity index (χ4v) is 11.9. The third kappa shape index (κ3) is 11.3. The highest BCUT2D eigenvalue weighted by molar-refractivity contribution is 7.13. The number of nitrogens with one attached hydrogen (secondary N) is 3. The number of nitrogens with zero attached hydrogens (tertiary/aromatic N) is 6. The summed E-state index contributed by atoms with van der Waals surface area (Å²) < 4.78 is 11.8. The number of nitriles is 2. The largest absolute Gasteiger partial charge is 0.489 e. The van der Waals surface area contributed by atoms with Crippen LogP contribution < -0.4 is 20.7 Å². The van der Waals surface area contributed by atoms with Crippen LogP contribution in [0.15, 0.2) is 72.2 Å². The smallest absolute Gasteiger partial charge is 0.251 e. The van der Waals surface area contributed by atoms with Gasteiger partial charge in [-0.1, -0.05) is 64.1 Å². The molecule has 1 aliphatic carbocycles. The van der Waals surface area contributed by atoms with E-state index in [1.54, 1.807) is 29.5 Å². The molecule has 3 saturated heterocycles. The summed E-state index contributed by atoms with van der Waals surface area (Å²) >= 11 is 1.58. The van der Waals surface area contributed by atoms with Gasteiger partial charge in [0.1, 0.15) is 36.1 Å². The average Bonchev–Trinajstić information content (AvgIpc) is 3.96. The van der Waals surface area contributed by atoms with Crippen molar-refractivity contribution in [1.82, 2.24) is 35.6 Å². The monoisotopic (exact) mass is 983 g/mol. The lowest BCUT2D eigenvalue weighted by Crippen LogP contribution is -2.74. The van der Waals surface area contributed by atoms with Crippen molar-refractivity contribution in [3.05, 3.63) is 106 Å². The number of β-amino-alcohol motifs (C(OH)–C–C–N with tert-alkyl or cyclic N) is 1. The fraction of sp³-hybridized carbons (Fsp3) is 0.500. The number of benzene rings is 3. The van der Waals surface area contributed by atoms with Gasteiger partial charge in [-0.3, -0.25) is 24.1 Å². The number of amides is 4. The van der Waals surface area contributed by atoms with Gasteiger partial charge in [0, 0.05) is 67.5 Å². The fourth-order valence-electron chi connectivity index (χ4n) is 11.1. The number of ether oxygens (including phenoxy) is 2. The van der Waals surface area contributed by atoms with Gasteiger partial charge < -0.3 is 40.3 Å². The predicted molar refractivity (Wildman–Crippen MR) is 268 cm³/mol. The SMILES string of the molecule is Cc1ncsc1-c1ccc([C@H](C)NC(=O)[C@@H]2C[C@@H](O)CN2C(=O)[C@@H](NC(=O)CN2CCN(CCCc3ccc(C(=O)N[C@H]4C(C)(C)[C@H](Oc5ccc(C#N)c(C#N)c5)C4(C)C)cc3)CC2)C2COC2)cc1. The minimum absolute atomic E-state index is 0.00514. The van der Waals surface area contributed by atoms with Gasteiger partial charge in [0.2, 0.25) is 17.7 Å². The maximum atomic E-state index is 14.2. The quantitative estimate of drug-likeness (QED) is 0.110. The lowest BCUT2D eigenvalue weighted by atomic mass is 9.49. The molecule has 1 saturated carbocycles. The average molecular weight is 984 g/mol. The molecule has 3 aromatic carbocycles. The zero-order chi connectivity index (χ0) is 50.6. The number of piperazine rings is 1. The number of aryl methyl sites for hydroxylation is 2. The Labute approximate surface area is 420 Å². The molecule has 0 bridgehead atoms. The van der Waals surface area contributed by atoms with Gasteiger partial charge in [0.25, 0.3) is 5.91 Å². The molecule has 17 heteroatoms. The van der Waals surface area contributed by atoms with Gasteiger partial charge in [-0.25, -0.2) is 4.98 Å². The van der Waals surface area contributed by atoms with Gasteiger partial charge in [-0.2, -0.15) is 10.5 Å². The number of aliphatic hydroxyl groups is 1. The summed E-state index contributed by atoms with van der Waals surface area (Å²) in [5, 5.41) is 38.8. The van der Waals surface area contributed by atoms with Crippen LogP contribution in [0.2, 0.25) is 0 Å². The Kier molecular flexibility index (Phi) is 15.6. The highest BCUT2D eigenvalue weighted by Crippen LogP contribution is 2.55. The van der Waals surface area contributed by atoms with Crippen LogP contribution in [-0.2, 0) is 25.5 Å². The van der Waals surface area contributed by atoms with Crippen LogP contribution in [0.1, 0.15) is 91.8 Å². The van der Waals surface area contributed by atoms with E-state index in [1.807, 2.05) is 74.0 Å². The van der Waals surface area contributed by atoms with Crippen molar-refractivity contribution in [2.75, 3.05) is 59.0 Å². The van der Waals surface area contributed by atoms with Crippen LogP contribution >= 0.6 is 11.3 Å². The highest BCUT2D eigenvalue weighted by Gasteiger charge is 2.64. The molecule has 4 N–H and O–H groups in total. The summed E-state index contributed by atoms with van der Waals surface area (Å²) in [4.78, 5) is 66.3. The first kappa shape index (κ1) is 51.2. The molecule has 4 heterocycles. The standard InChI is InChI=1S/C54H65N9O7S/c1-33(36-13-15-37(16-14-36)47-34(2)57-32-71-47)58-49(67)44-25-42(64)28-63(44)50(68)46(41-30-69-31-41)59-45(65)29-62-22-20-61(21-23-62)19-7-8-35-9-11-38(12-10-35)48(66)60-51-53(3,4)52(54(51,5)6)70-43-18-17-39(26-55)40(24-43)27-56/h9-18,24,32-33,41-42,44,46,51-52,64H,7-8,19-23,25,28-31H2,1-6H3,(H,58,67)(H,59,65)(H,60,66)/t33-,42+,44-,46-,51-,52-/m0/s1. The van der Waals surface area contributed by atoms with Crippen LogP contribution in [0, 0.1) is 46.3 Å². The number of thiazole rings is 1. The normalized spacial score (nSPS) is 22.7. The third-order valence-corrected chi connectivity index (χ3v) is 15.9. The Bertz CT molecular complexity index is 2650. The zero-order valence-electron chi connectivity index (χ0n) is 41.4. The van der Waals surface area contributed by atoms with Gasteiger partial charge in [-0.15, -0.1) is 11.3 Å². The lowest BCUT2D eigenvalue weighted by Gasteiger charge is -2.63. The topological polar surface area (TPSA) is 213 Å². The summed E-state index contributed by atoms with van der Waals surface area (Å²) in [5.41, 5.74) is 6.23. The predicted octanol–water partition coefficient (Wildman–Crippen LogP) is 4.99. The Morgan fingerprint density at radius 3 is 2.21 bits per heavy atom. The number of likely N-dealkylation sites (tertiary alicyclic amines) is 1. The van der Waals surface area contributed by atoms with E-state index >= 15 is 0 Å². The van der Waals surface area contributed by atoms with Crippen LogP contribution in [0.5, 0.6) is 5.75 Å². The number of rotatable bonds is 17. The minimum atomic E-state index is -0.877. The van der Waals surface area contributed by atoms with Gasteiger partial charge in [0.15, 0.2) is 0 Å². The van der Waals surface area contributed by atoms with E-state index in [9.17, 15) is 34.8 Å². The molecule has 1 aromatic heterocycles. The van der Waals surface area contributed by atoms with Gasteiger partial charge >= 0.3 is 0 Å². The van der Waals surface area contributed by atoms with Gasteiger partial charge in [0.05, 0.1) is 59.1 Å². The first-order valence-corrected chi connectivity index (χ1v) is 25.5. The molecule has 4 amide bonds. The van der Waals surface area contributed by atoms with E-state index in [2.05, 4.69) is 64.5 Å². The van der Waals surface area contributed by atoms with E-state index in [-0.39, 0.29) is 72.8 Å². The molecule has 4 fully saturated rings. The number of hydrogen-bond acceptors (Lipinski definition) is 13. The second kappa shape index (κ2) is 21.6. The van der Waals surface area contributed by atoms with Crippen molar-refractivity contribution < 1.29 is 33.8 Å². The van der Waals surface area contributed by atoms with E-state index in [0.717, 1.165) is 59.7 Å². The summed E-state index contributed by atoms with van der Waals surface area (Å²) in [6.07, 6.45) is 0.792. The van der Waals surface area contributed by atoms with Crippen molar-refractivity contribution in [2.45, 2.75) is 97.2 Å². The van der Waals surface area contributed by atoms with Crippen LogP contribution in [0.3, 0.4) is 0 Å². The summed E-state index contributed by atoms with van der Waals surface area (Å²) in [7, 11) is 0. The van der Waals surface area contributed by atoms with Crippen molar-refractivity contribution in [3.8, 4) is 28.3 Å². The summed E-state index contributed by atoms with van der Waals surface area (Å²) in [6.45, 7) is 16.8. The van der Waals surface area contributed by atoms with Crippen LogP contribution in [0.25, 0.3) is 10.4 Å². The number of aromatic nitrogens is 1. The van der Waals surface area contributed by atoms with Crippen LogP contribution in [-0.4, -0.2) is 138 Å². The lowest BCUT2D eigenvalue weighted by molar-refractivity contribution is -0.164. The van der Waals surface area contributed by atoms with Crippen LogP contribution in [0.4, 0.5) is 0 Å². The highest BCUT2D eigenvalue weighted by atomic mass is 32.1. The number of aliphatic hydroxyl groups excluding tert-OH is 1.